The maximum Gasteiger partial charge on any atom is 0.385 e. The summed E-state index contributed by atoms with van der Waals surface area (Å²) in [5, 5.41) is 7.39. The van der Waals surface area contributed by atoms with E-state index in [1.807, 2.05) is 35.0 Å². The fraction of sp³-hybridized carbons (Fsp3) is 0.118. The predicted molar refractivity (Wildman–Crippen MR) is 95.5 cm³/mol. The van der Waals surface area contributed by atoms with Crippen molar-refractivity contribution in [1.82, 2.24) is 10.1 Å². The minimum atomic E-state index is -0.0355. The number of amides is 1. The molecule has 122 valence electrons. The third kappa shape index (κ3) is 4.37. The summed E-state index contributed by atoms with van der Waals surface area (Å²) in [6.45, 7) is 0. The topological polar surface area (TPSA) is 61.7 Å². The molecule has 0 radical (unpaired) electrons. The van der Waals surface area contributed by atoms with Crippen molar-refractivity contribution < 1.29 is 9.48 Å². The molecule has 7 heteroatoms. The van der Waals surface area contributed by atoms with Gasteiger partial charge in [-0.05, 0) is 53.1 Å². The van der Waals surface area contributed by atoms with Crippen LogP contribution in [-0.4, -0.2) is 21.7 Å². The molecule has 3 rings (SSSR count). The molecule has 1 amide bonds. The maximum atomic E-state index is 12.0. The normalized spacial score (nSPS) is 10.5. The zero-order chi connectivity index (χ0) is 16.8. The summed E-state index contributed by atoms with van der Waals surface area (Å²) in [6, 6.07) is 17.0. The van der Waals surface area contributed by atoms with E-state index in [0.29, 0.717) is 17.2 Å². The van der Waals surface area contributed by atoms with Crippen molar-refractivity contribution in [2.75, 3.05) is 11.1 Å². The molecular formula is C17H16ClN4OS+. The van der Waals surface area contributed by atoms with Gasteiger partial charge in [0.05, 0.1) is 0 Å². The lowest BCUT2D eigenvalue weighted by Crippen LogP contribution is -2.34. The quantitative estimate of drug-likeness (QED) is 0.523. The SMILES string of the molecule is O=C(CCSc1nc[nH][n+]1-c1ccccc1)Nc1ccc(Cl)cc1. The highest BCUT2D eigenvalue weighted by Crippen LogP contribution is 2.16. The molecule has 0 saturated carbocycles. The number of halogens is 1. The lowest BCUT2D eigenvalue weighted by molar-refractivity contribution is -0.694. The summed E-state index contributed by atoms with van der Waals surface area (Å²) in [7, 11) is 0. The van der Waals surface area contributed by atoms with Gasteiger partial charge in [-0.1, -0.05) is 29.8 Å². The first-order chi connectivity index (χ1) is 11.7. The van der Waals surface area contributed by atoms with E-state index >= 15 is 0 Å². The van der Waals surface area contributed by atoms with E-state index in [2.05, 4.69) is 15.4 Å². The standard InChI is InChI=1S/C17H15ClN4OS/c18-13-6-8-14(9-7-13)21-16(23)10-11-24-17-19-12-20-22(17)15-4-2-1-3-5-15/h1-9,12H,10-11H2,(H,21,23)/p+1. The van der Waals surface area contributed by atoms with Gasteiger partial charge in [-0.25, -0.2) is 0 Å². The lowest BCUT2D eigenvalue weighted by atomic mass is 10.3. The molecule has 3 aromatic rings. The largest absolute Gasteiger partial charge is 0.385 e. The Morgan fingerprint density at radius 1 is 1.17 bits per heavy atom. The summed E-state index contributed by atoms with van der Waals surface area (Å²) in [5.74, 6) is 0.600. The Morgan fingerprint density at radius 3 is 2.67 bits per heavy atom. The average Bonchev–Trinajstić information content (AvgIpc) is 3.06. The number of nitrogens with zero attached hydrogens (tertiary/aromatic N) is 2. The molecule has 0 aliphatic rings. The van der Waals surface area contributed by atoms with Crippen LogP contribution in [0.4, 0.5) is 5.69 Å². The highest BCUT2D eigenvalue weighted by molar-refractivity contribution is 7.99. The molecule has 0 unspecified atom stereocenters. The summed E-state index contributed by atoms with van der Waals surface area (Å²) in [6.07, 6.45) is 2.04. The van der Waals surface area contributed by atoms with E-state index in [1.54, 1.807) is 30.6 Å². The van der Waals surface area contributed by atoms with Crippen LogP contribution in [0.5, 0.6) is 0 Å². The van der Waals surface area contributed by atoms with E-state index in [9.17, 15) is 4.79 Å². The van der Waals surface area contributed by atoms with Crippen LogP contribution in [0, 0.1) is 0 Å². The van der Waals surface area contributed by atoms with Crippen molar-refractivity contribution >= 4 is 35.0 Å². The maximum absolute atomic E-state index is 12.0. The summed E-state index contributed by atoms with van der Waals surface area (Å²) in [4.78, 5) is 16.3. The van der Waals surface area contributed by atoms with Crippen LogP contribution < -0.4 is 10.00 Å². The number of aromatic amines is 1. The Hall–Kier alpha value is -2.31. The Kier molecular flexibility index (Phi) is 5.51. The van der Waals surface area contributed by atoms with Crippen LogP contribution in [0.25, 0.3) is 5.69 Å². The summed E-state index contributed by atoms with van der Waals surface area (Å²) in [5.41, 5.74) is 1.75. The average molecular weight is 360 g/mol. The molecule has 0 aliphatic heterocycles. The van der Waals surface area contributed by atoms with Crippen molar-refractivity contribution in [2.45, 2.75) is 11.6 Å². The van der Waals surface area contributed by atoms with Gasteiger partial charge < -0.3 is 5.32 Å². The molecule has 5 nitrogen and oxygen atoms in total. The number of thioether (sulfide) groups is 1. The molecule has 0 spiro atoms. The molecule has 1 heterocycles. The molecule has 1 aromatic heterocycles. The lowest BCUT2D eigenvalue weighted by Gasteiger charge is -2.04. The molecule has 0 atom stereocenters. The van der Waals surface area contributed by atoms with Gasteiger partial charge in [0.25, 0.3) is 0 Å². The first-order valence-corrected chi connectivity index (χ1v) is 8.78. The number of hydrogen-bond donors (Lipinski definition) is 2. The van der Waals surface area contributed by atoms with E-state index in [1.165, 1.54) is 11.8 Å². The van der Waals surface area contributed by atoms with Gasteiger partial charge in [0.2, 0.25) is 12.2 Å². The number of para-hydroxylation sites is 1. The van der Waals surface area contributed by atoms with Crippen molar-refractivity contribution in [3.05, 3.63) is 65.9 Å². The Morgan fingerprint density at radius 2 is 1.92 bits per heavy atom. The van der Waals surface area contributed by atoms with E-state index in [-0.39, 0.29) is 5.91 Å². The van der Waals surface area contributed by atoms with Crippen LogP contribution in [-0.2, 0) is 4.79 Å². The van der Waals surface area contributed by atoms with Crippen LogP contribution in [0.1, 0.15) is 6.42 Å². The molecule has 2 N–H and O–H groups in total. The van der Waals surface area contributed by atoms with Crippen molar-refractivity contribution in [3.8, 4) is 5.69 Å². The van der Waals surface area contributed by atoms with E-state index in [0.717, 1.165) is 16.5 Å². The monoisotopic (exact) mass is 359 g/mol. The molecule has 0 aliphatic carbocycles. The molecule has 0 saturated heterocycles. The number of benzene rings is 2. The fourth-order valence-corrected chi connectivity index (χ4v) is 3.12. The predicted octanol–water partition coefficient (Wildman–Crippen LogP) is 3.46. The number of anilines is 1. The van der Waals surface area contributed by atoms with Gasteiger partial charge in [0, 0.05) is 22.9 Å². The fourth-order valence-electron chi connectivity index (χ4n) is 2.11. The Bertz CT molecular complexity index is 805. The molecule has 0 bridgehead atoms. The Balaban J connectivity index is 1.53. The third-order valence-corrected chi connectivity index (χ3v) is 4.46. The second kappa shape index (κ2) is 7.99. The minimum Gasteiger partial charge on any atom is -0.326 e. The van der Waals surface area contributed by atoms with Gasteiger partial charge in [0.1, 0.15) is 0 Å². The molecule has 0 fully saturated rings. The molecule has 24 heavy (non-hydrogen) atoms. The van der Waals surface area contributed by atoms with Crippen LogP contribution in [0.3, 0.4) is 0 Å². The zero-order valence-corrected chi connectivity index (χ0v) is 14.3. The van der Waals surface area contributed by atoms with Gasteiger partial charge in [0.15, 0.2) is 5.69 Å². The second-order valence-electron chi connectivity index (χ2n) is 4.99. The van der Waals surface area contributed by atoms with Gasteiger partial charge in [-0.15, -0.1) is 4.68 Å². The summed E-state index contributed by atoms with van der Waals surface area (Å²) < 4.78 is 1.89. The Labute approximate surface area is 149 Å². The highest BCUT2D eigenvalue weighted by Gasteiger charge is 2.17. The first kappa shape index (κ1) is 16.5. The van der Waals surface area contributed by atoms with Crippen molar-refractivity contribution in [3.63, 3.8) is 0 Å². The van der Waals surface area contributed by atoms with Crippen molar-refractivity contribution in [1.29, 1.82) is 0 Å². The molecular weight excluding hydrogens is 344 g/mol. The number of nitrogens with one attached hydrogen (secondary N) is 2. The van der Waals surface area contributed by atoms with Crippen LogP contribution >= 0.6 is 23.4 Å². The zero-order valence-electron chi connectivity index (χ0n) is 12.8. The number of aromatic nitrogens is 3. The highest BCUT2D eigenvalue weighted by atomic mass is 35.5. The number of carbonyl (C=O) groups is 1. The van der Waals surface area contributed by atoms with E-state index in [4.69, 9.17) is 11.6 Å². The van der Waals surface area contributed by atoms with Crippen LogP contribution in [0.15, 0.2) is 66.1 Å². The number of hydrogen-bond acceptors (Lipinski definition) is 3. The third-order valence-electron chi connectivity index (χ3n) is 3.26. The first-order valence-electron chi connectivity index (χ1n) is 7.41. The number of carbonyl (C=O) groups excluding carboxylic acids is 1. The number of rotatable bonds is 6. The number of H-pyrrole nitrogens is 1. The van der Waals surface area contributed by atoms with Crippen LogP contribution in [0.2, 0.25) is 5.02 Å². The smallest absolute Gasteiger partial charge is 0.326 e. The van der Waals surface area contributed by atoms with Crippen molar-refractivity contribution in [2.24, 2.45) is 0 Å². The van der Waals surface area contributed by atoms with Gasteiger partial charge >= 0.3 is 5.16 Å². The second-order valence-corrected chi connectivity index (χ2v) is 6.49. The molecule has 2 aromatic carbocycles. The summed E-state index contributed by atoms with van der Waals surface area (Å²) >= 11 is 7.35. The minimum absolute atomic E-state index is 0.0355. The van der Waals surface area contributed by atoms with Gasteiger partial charge in [-0.3, -0.25) is 4.79 Å². The van der Waals surface area contributed by atoms with E-state index < -0.39 is 0 Å². The van der Waals surface area contributed by atoms with Gasteiger partial charge in [-0.2, -0.15) is 5.10 Å².